The number of aromatic nitrogens is 1. The first kappa shape index (κ1) is 13.2. The molecule has 0 unspecified atom stereocenters. The number of fused-ring (bicyclic) bond motifs is 1. The second-order valence-corrected chi connectivity index (χ2v) is 6.04. The van der Waals surface area contributed by atoms with Crippen molar-refractivity contribution in [1.29, 1.82) is 0 Å². The smallest absolute Gasteiger partial charge is 0.305 e. The van der Waals surface area contributed by atoms with E-state index in [9.17, 15) is 23.3 Å². The van der Waals surface area contributed by atoms with Crippen LogP contribution in [0.4, 0.5) is 5.69 Å². The molecule has 0 fully saturated rings. The molecule has 0 radical (unpaired) electrons. The van der Waals surface area contributed by atoms with E-state index >= 15 is 0 Å². The third kappa shape index (κ3) is 1.99. The molecule has 0 atom stereocenters. The minimum atomic E-state index is -3.90. The van der Waals surface area contributed by atoms with Gasteiger partial charge in [-0.15, -0.1) is 0 Å². The lowest BCUT2D eigenvalue weighted by Crippen LogP contribution is -2.23. The van der Waals surface area contributed by atoms with E-state index in [2.05, 4.69) is 0 Å². The zero-order chi connectivity index (χ0) is 14.4. The van der Waals surface area contributed by atoms with Crippen molar-refractivity contribution < 1.29 is 13.3 Å². The predicted molar refractivity (Wildman–Crippen MR) is 69.0 cm³/mol. The summed E-state index contributed by atoms with van der Waals surface area (Å²) >= 11 is 0. The zero-order valence-electron chi connectivity index (χ0n) is 10.2. The SMILES string of the molecule is Cn1c(=O)c([N+](=O)[O-])c(S(C)(=O)=O)c2ccccc21. The molecule has 100 valence electrons. The third-order valence-corrected chi connectivity index (χ3v) is 3.94. The number of nitro groups is 1. The van der Waals surface area contributed by atoms with Crippen molar-refractivity contribution in [3.8, 4) is 0 Å². The van der Waals surface area contributed by atoms with Gasteiger partial charge < -0.3 is 4.57 Å². The summed E-state index contributed by atoms with van der Waals surface area (Å²) in [4.78, 5) is 21.5. The van der Waals surface area contributed by atoms with Gasteiger partial charge in [0.1, 0.15) is 0 Å². The molecule has 0 saturated heterocycles. The van der Waals surface area contributed by atoms with Gasteiger partial charge in [-0.2, -0.15) is 0 Å². The monoisotopic (exact) mass is 282 g/mol. The van der Waals surface area contributed by atoms with E-state index in [1.807, 2.05) is 0 Å². The number of pyridine rings is 1. The van der Waals surface area contributed by atoms with E-state index in [0.717, 1.165) is 10.8 Å². The molecule has 0 spiro atoms. The summed E-state index contributed by atoms with van der Waals surface area (Å²) in [6, 6.07) is 6.16. The van der Waals surface area contributed by atoms with Crippen molar-refractivity contribution >= 4 is 26.4 Å². The highest BCUT2D eigenvalue weighted by atomic mass is 32.2. The van der Waals surface area contributed by atoms with Gasteiger partial charge in [0.25, 0.3) is 0 Å². The van der Waals surface area contributed by atoms with Gasteiger partial charge in [-0.1, -0.05) is 18.2 Å². The summed E-state index contributed by atoms with van der Waals surface area (Å²) in [6.07, 6.45) is 0.848. The molecule has 0 bridgehead atoms. The number of sulfone groups is 1. The molecule has 0 saturated carbocycles. The van der Waals surface area contributed by atoms with Crippen LogP contribution in [-0.4, -0.2) is 24.2 Å². The number of aryl methyl sites for hydroxylation is 1. The normalized spacial score (nSPS) is 11.7. The van der Waals surface area contributed by atoms with Crippen LogP contribution >= 0.6 is 0 Å². The molecular weight excluding hydrogens is 272 g/mol. The first-order valence-corrected chi connectivity index (χ1v) is 7.10. The summed E-state index contributed by atoms with van der Waals surface area (Å²) in [5.74, 6) is 0. The largest absolute Gasteiger partial charge is 0.353 e. The highest BCUT2D eigenvalue weighted by molar-refractivity contribution is 7.91. The number of rotatable bonds is 2. The lowest BCUT2D eigenvalue weighted by Gasteiger charge is -2.09. The molecule has 1 aromatic carbocycles. The fourth-order valence-corrected chi connectivity index (χ4v) is 3.07. The second kappa shape index (κ2) is 4.16. The fourth-order valence-electron chi connectivity index (χ4n) is 1.99. The third-order valence-electron chi connectivity index (χ3n) is 2.79. The van der Waals surface area contributed by atoms with E-state index in [1.165, 1.54) is 19.2 Å². The Morgan fingerprint density at radius 3 is 2.37 bits per heavy atom. The molecule has 1 aromatic heterocycles. The van der Waals surface area contributed by atoms with Crippen molar-refractivity contribution in [3.63, 3.8) is 0 Å². The highest BCUT2D eigenvalue weighted by Crippen LogP contribution is 2.28. The molecule has 0 N–H and O–H groups in total. The summed E-state index contributed by atoms with van der Waals surface area (Å²) in [5.41, 5.74) is -1.52. The number of para-hydroxylation sites is 1. The number of hydrogen-bond acceptors (Lipinski definition) is 5. The minimum Gasteiger partial charge on any atom is -0.305 e. The Bertz CT molecular complexity index is 851. The van der Waals surface area contributed by atoms with E-state index < -0.39 is 30.9 Å². The maximum atomic E-state index is 11.9. The van der Waals surface area contributed by atoms with Gasteiger partial charge in [0.2, 0.25) is 0 Å². The first-order valence-electron chi connectivity index (χ1n) is 5.21. The van der Waals surface area contributed by atoms with E-state index in [1.54, 1.807) is 12.1 Å². The summed E-state index contributed by atoms with van der Waals surface area (Å²) < 4.78 is 24.6. The Morgan fingerprint density at radius 2 is 1.84 bits per heavy atom. The van der Waals surface area contributed by atoms with E-state index in [0.29, 0.717) is 5.52 Å². The van der Waals surface area contributed by atoms with Gasteiger partial charge in [0.15, 0.2) is 14.7 Å². The molecule has 0 aliphatic rings. The lowest BCUT2D eigenvalue weighted by molar-refractivity contribution is -0.389. The van der Waals surface area contributed by atoms with Crippen LogP contribution in [-0.2, 0) is 16.9 Å². The quantitative estimate of drug-likeness (QED) is 0.600. The van der Waals surface area contributed by atoms with Crippen LogP contribution in [0, 0.1) is 10.1 Å². The van der Waals surface area contributed by atoms with Crippen LogP contribution in [0.3, 0.4) is 0 Å². The van der Waals surface area contributed by atoms with Gasteiger partial charge >= 0.3 is 11.2 Å². The standard InChI is InChI=1S/C11H10N2O5S/c1-12-8-6-4-3-5-7(8)10(19(2,17)18)9(11(12)14)13(15)16/h3-6H,1-2H3. The van der Waals surface area contributed by atoms with Crippen LogP contribution in [0.15, 0.2) is 34.0 Å². The Hall–Kier alpha value is -2.22. The summed E-state index contributed by atoms with van der Waals surface area (Å²) in [6.45, 7) is 0. The van der Waals surface area contributed by atoms with E-state index in [4.69, 9.17) is 0 Å². The van der Waals surface area contributed by atoms with E-state index in [-0.39, 0.29) is 5.39 Å². The molecule has 7 nitrogen and oxygen atoms in total. The van der Waals surface area contributed by atoms with Crippen LogP contribution in [0.2, 0.25) is 0 Å². The minimum absolute atomic E-state index is 0.166. The van der Waals surface area contributed by atoms with Crippen LogP contribution < -0.4 is 5.56 Å². The average Bonchev–Trinajstić information content (AvgIpc) is 2.31. The number of nitrogens with zero attached hydrogens (tertiary/aromatic N) is 2. The Balaban J connectivity index is 3.23. The van der Waals surface area contributed by atoms with Crippen molar-refractivity contribution in [3.05, 3.63) is 44.7 Å². The molecule has 0 aliphatic heterocycles. The Kier molecular flexibility index (Phi) is 2.90. The fraction of sp³-hybridized carbons (Fsp3) is 0.182. The van der Waals surface area contributed by atoms with Gasteiger partial charge in [0.05, 0.1) is 10.4 Å². The van der Waals surface area contributed by atoms with Crippen molar-refractivity contribution in [2.75, 3.05) is 6.26 Å². The van der Waals surface area contributed by atoms with Crippen molar-refractivity contribution in [2.24, 2.45) is 7.05 Å². The second-order valence-electron chi connectivity index (χ2n) is 4.09. The molecule has 2 rings (SSSR count). The summed E-state index contributed by atoms with van der Waals surface area (Å²) in [5, 5.41) is 11.2. The van der Waals surface area contributed by atoms with Crippen LogP contribution in [0.5, 0.6) is 0 Å². The molecule has 19 heavy (non-hydrogen) atoms. The number of hydrogen-bond donors (Lipinski definition) is 0. The average molecular weight is 282 g/mol. The lowest BCUT2D eigenvalue weighted by atomic mass is 10.2. The van der Waals surface area contributed by atoms with Crippen molar-refractivity contribution in [1.82, 2.24) is 4.57 Å². The van der Waals surface area contributed by atoms with Gasteiger partial charge in [-0.05, 0) is 6.07 Å². The Morgan fingerprint density at radius 1 is 1.26 bits per heavy atom. The van der Waals surface area contributed by atoms with Gasteiger partial charge in [0, 0.05) is 18.7 Å². The summed E-state index contributed by atoms with van der Waals surface area (Å²) in [7, 11) is -2.53. The zero-order valence-corrected chi connectivity index (χ0v) is 11.0. The number of benzene rings is 1. The molecular formula is C11H10N2O5S. The molecule has 8 heteroatoms. The molecule has 1 heterocycles. The topological polar surface area (TPSA) is 99.3 Å². The highest BCUT2D eigenvalue weighted by Gasteiger charge is 2.30. The van der Waals surface area contributed by atoms with Gasteiger partial charge in [-0.3, -0.25) is 14.9 Å². The maximum Gasteiger partial charge on any atom is 0.353 e. The predicted octanol–water partition coefficient (Wildman–Crippen LogP) is 0.850. The molecule has 0 aliphatic carbocycles. The van der Waals surface area contributed by atoms with Crippen LogP contribution in [0.1, 0.15) is 0 Å². The van der Waals surface area contributed by atoms with Crippen LogP contribution in [0.25, 0.3) is 10.9 Å². The molecule has 2 aromatic rings. The first-order chi connectivity index (χ1) is 8.75. The maximum absolute atomic E-state index is 11.9. The van der Waals surface area contributed by atoms with Crippen molar-refractivity contribution in [2.45, 2.75) is 4.90 Å². The van der Waals surface area contributed by atoms with Gasteiger partial charge in [-0.25, -0.2) is 8.42 Å². The Labute approximate surface area is 108 Å². The molecule has 0 amide bonds.